The third kappa shape index (κ3) is 5.19. The molecule has 0 bridgehead atoms. The molecule has 6 heteroatoms. The van der Waals surface area contributed by atoms with Crippen LogP contribution in [-0.2, 0) is 0 Å². The number of carbonyl (C=O) groups is 2. The van der Waals surface area contributed by atoms with Gasteiger partial charge in [0.25, 0.3) is 0 Å². The highest BCUT2D eigenvalue weighted by molar-refractivity contribution is 5.97. The molecule has 0 aromatic heterocycles. The predicted octanol–water partition coefficient (Wildman–Crippen LogP) is 7.51. The van der Waals surface area contributed by atoms with Gasteiger partial charge >= 0.3 is 11.9 Å². The number of rotatable bonds is 5. The van der Waals surface area contributed by atoms with E-state index in [9.17, 15) is 19.8 Å². The first-order valence-corrected chi connectivity index (χ1v) is 12.5. The Morgan fingerprint density at radius 3 is 1.18 bits per heavy atom. The summed E-state index contributed by atoms with van der Waals surface area (Å²) in [5.41, 5.74) is 2.63. The van der Waals surface area contributed by atoms with E-state index in [1.54, 1.807) is 97.1 Å². The van der Waals surface area contributed by atoms with Gasteiger partial charge in [-0.15, -0.1) is 0 Å². The van der Waals surface area contributed by atoms with Gasteiger partial charge in [0.05, 0.1) is 11.1 Å². The van der Waals surface area contributed by atoms with E-state index in [0.717, 1.165) is 32.7 Å². The minimum atomic E-state index is -0.474. The topological polar surface area (TPSA) is 93.1 Å². The Bertz CT molecular complexity index is 1750. The van der Waals surface area contributed by atoms with Crippen LogP contribution in [0.2, 0.25) is 0 Å². The highest BCUT2D eigenvalue weighted by Gasteiger charge is 2.12. The molecule has 0 aliphatic heterocycles. The molecule has 194 valence electrons. The van der Waals surface area contributed by atoms with Crippen LogP contribution in [0, 0.1) is 0 Å². The maximum Gasteiger partial charge on any atom is 0.343 e. The molecule has 2 N–H and O–H groups in total. The van der Waals surface area contributed by atoms with E-state index in [1.165, 1.54) is 0 Å². The average molecular weight is 527 g/mol. The number of fused-ring (bicyclic) bond motifs is 2. The first-order chi connectivity index (χ1) is 19.4. The SMILES string of the molecule is O=C(Oc1ccc(-c2ccc(OC(=O)c3ccc4cc(O)ccc4c3)cc2)cc1)c1ccc2cc(O)ccc2c1. The summed E-state index contributed by atoms with van der Waals surface area (Å²) in [4.78, 5) is 25.3. The summed E-state index contributed by atoms with van der Waals surface area (Å²) >= 11 is 0. The molecule has 0 spiro atoms. The summed E-state index contributed by atoms with van der Waals surface area (Å²) in [6.07, 6.45) is 0. The van der Waals surface area contributed by atoms with Gasteiger partial charge in [-0.3, -0.25) is 0 Å². The molecule has 0 saturated carbocycles. The van der Waals surface area contributed by atoms with Crippen LogP contribution >= 0.6 is 0 Å². The van der Waals surface area contributed by atoms with Crippen molar-refractivity contribution < 1.29 is 29.3 Å². The van der Waals surface area contributed by atoms with Gasteiger partial charge in [0.2, 0.25) is 0 Å². The lowest BCUT2D eigenvalue weighted by atomic mass is 10.1. The van der Waals surface area contributed by atoms with Gasteiger partial charge in [-0.1, -0.05) is 48.5 Å². The Morgan fingerprint density at radius 2 is 0.775 bits per heavy atom. The number of esters is 2. The number of hydrogen-bond acceptors (Lipinski definition) is 6. The van der Waals surface area contributed by atoms with Crippen molar-refractivity contribution in [3.63, 3.8) is 0 Å². The van der Waals surface area contributed by atoms with E-state index >= 15 is 0 Å². The molecule has 40 heavy (non-hydrogen) atoms. The fourth-order valence-electron chi connectivity index (χ4n) is 4.48. The molecule has 0 fully saturated rings. The number of ether oxygens (including phenoxy) is 2. The molecule has 0 aliphatic rings. The lowest BCUT2D eigenvalue weighted by Gasteiger charge is -2.09. The molecule has 0 radical (unpaired) electrons. The average Bonchev–Trinajstić information content (AvgIpc) is 2.97. The van der Waals surface area contributed by atoms with Crippen LogP contribution in [-0.4, -0.2) is 22.2 Å². The van der Waals surface area contributed by atoms with Crippen molar-refractivity contribution in [3.8, 4) is 34.1 Å². The number of carbonyl (C=O) groups excluding carboxylic acids is 2. The van der Waals surface area contributed by atoms with Gasteiger partial charge in [0.1, 0.15) is 23.0 Å². The normalized spacial score (nSPS) is 10.9. The summed E-state index contributed by atoms with van der Waals surface area (Å²) in [6.45, 7) is 0. The first-order valence-electron chi connectivity index (χ1n) is 12.5. The zero-order valence-electron chi connectivity index (χ0n) is 21.1. The van der Waals surface area contributed by atoms with Crippen LogP contribution in [0.15, 0.2) is 121 Å². The van der Waals surface area contributed by atoms with Crippen molar-refractivity contribution in [2.45, 2.75) is 0 Å². The summed E-state index contributed by atoms with van der Waals surface area (Å²) in [6, 6.07) is 34.5. The Hall–Kier alpha value is -5.62. The van der Waals surface area contributed by atoms with Gasteiger partial charge in [0, 0.05) is 0 Å². The smallest absolute Gasteiger partial charge is 0.343 e. The van der Waals surface area contributed by atoms with Crippen molar-refractivity contribution in [2.24, 2.45) is 0 Å². The van der Waals surface area contributed by atoms with Crippen molar-refractivity contribution in [3.05, 3.63) is 132 Å². The molecule has 0 saturated heterocycles. The predicted molar refractivity (Wildman–Crippen MR) is 153 cm³/mol. The molecule has 6 rings (SSSR count). The number of aromatic hydroxyl groups is 2. The van der Waals surface area contributed by atoms with E-state index in [2.05, 4.69) is 0 Å². The second-order valence-corrected chi connectivity index (χ2v) is 9.32. The van der Waals surface area contributed by atoms with Gasteiger partial charge in [-0.2, -0.15) is 0 Å². The van der Waals surface area contributed by atoms with Crippen molar-refractivity contribution in [1.82, 2.24) is 0 Å². The highest BCUT2D eigenvalue weighted by atomic mass is 16.5. The second-order valence-electron chi connectivity index (χ2n) is 9.32. The molecule has 6 aromatic carbocycles. The summed E-state index contributed by atoms with van der Waals surface area (Å²) in [7, 11) is 0. The molecule has 6 aromatic rings. The second kappa shape index (κ2) is 10.3. The fraction of sp³-hybridized carbons (Fsp3) is 0. The van der Waals surface area contributed by atoms with Crippen molar-refractivity contribution >= 4 is 33.5 Å². The largest absolute Gasteiger partial charge is 0.508 e. The minimum Gasteiger partial charge on any atom is -0.508 e. The van der Waals surface area contributed by atoms with E-state index in [4.69, 9.17) is 9.47 Å². The lowest BCUT2D eigenvalue weighted by Crippen LogP contribution is -2.08. The summed E-state index contributed by atoms with van der Waals surface area (Å²) < 4.78 is 11.1. The van der Waals surface area contributed by atoms with Crippen molar-refractivity contribution in [1.29, 1.82) is 0 Å². The maximum atomic E-state index is 12.7. The number of phenols is 2. The summed E-state index contributed by atoms with van der Waals surface area (Å²) in [5, 5.41) is 22.6. The first kappa shape index (κ1) is 24.7. The monoisotopic (exact) mass is 526 g/mol. The Kier molecular flexibility index (Phi) is 6.34. The number of benzene rings is 6. The van der Waals surface area contributed by atoms with Crippen LogP contribution in [0.25, 0.3) is 32.7 Å². The highest BCUT2D eigenvalue weighted by Crippen LogP contribution is 2.27. The number of phenolic OH excluding ortho intramolecular Hbond substituents is 2. The van der Waals surface area contributed by atoms with Crippen LogP contribution < -0.4 is 9.47 Å². The maximum absolute atomic E-state index is 12.7. The Balaban J connectivity index is 1.10. The van der Waals surface area contributed by atoms with Crippen LogP contribution in [0.1, 0.15) is 20.7 Å². The Morgan fingerprint density at radius 1 is 0.425 bits per heavy atom. The third-order valence-corrected chi connectivity index (χ3v) is 6.58. The van der Waals surface area contributed by atoms with Gasteiger partial charge in [-0.25, -0.2) is 9.59 Å². The molecule has 0 aliphatic carbocycles. The van der Waals surface area contributed by atoms with E-state index in [-0.39, 0.29) is 11.5 Å². The fourth-order valence-corrected chi connectivity index (χ4v) is 4.48. The molecule has 6 nitrogen and oxygen atoms in total. The zero-order chi connectivity index (χ0) is 27.6. The molecule has 0 heterocycles. The quantitative estimate of drug-likeness (QED) is 0.178. The van der Waals surface area contributed by atoms with E-state index < -0.39 is 11.9 Å². The van der Waals surface area contributed by atoms with Gasteiger partial charge < -0.3 is 19.7 Å². The molecule has 0 unspecified atom stereocenters. The number of hydrogen-bond donors (Lipinski definition) is 2. The zero-order valence-corrected chi connectivity index (χ0v) is 21.1. The van der Waals surface area contributed by atoms with Gasteiger partial charge in [0.15, 0.2) is 0 Å². The third-order valence-electron chi connectivity index (χ3n) is 6.58. The molecular weight excluding hydrogens is 504 g/mol. The van der Waals surface area contributed by atoms with Crippen LogP contribution in [0.5, 0.6) is 23.0 Å². The standard InChI is InChI=1S/C34H22O6/c35-29-11-5-23-17-27(3-1-25(23)19-29)33(37)39-31-13-7-21(8-14-31)22-9-15-32(16-10-22)40-34(38)28-4-2-26-20-30(36)12-6-24(26)18-28/h1-20,35-36H. The Labute approximate surface area is 229 Å². The van der Waals surface area contributed by atoms with E-state index in [1.807, 2.05) is 24.3 Å². The summed E-state index contributed by atoms with van der Waals surface area (Å²) in [5.74, 6) is 0.216. The minimum absolute atomic E-state index is 0.169. The van der Waals surface area contributed by atoms with Gasteiger partial charge in [-0.05, 0) is 105 Å². The molecule has 0 atom stereocenters. The van der Waals surface area contributed by atoms with Crippen molar-refractivity contribution in [2.75, 3.05) is 0 Å². The molecular formula is C34H22O6. The van der Waals surface area contributed by atoms with E-state index in [0.29, 0.717) is 22.6 Å². The van der Waals surface area contributed by atoms with Crippen LogP contribution in [0.4, 0.5) is 0 Å². The van der Waals surface area contributed by atoms with Crippen LogP contribution in [0.3, 0.4) is 0 Å². The lowest BCUT2D eigenvalue weighted by molar-refractivity contribution is 0.0725. The molecule has 0 amide bonds.